The zero-order valence-corrected chi connectivity index (χ0v) is 11.5. The van der Waals surface area contributed by atoms with Gasteiger partial charge in [0, 0.05) is 5.69 Å². The van der Waals surface area contributed by atoms with Gasteiger partial charge >= 0.3 is 0 Å². The van der Waals surface area contributed by atoms with Gasteiger partial charge in [-0.3, -0.25) is 0 Å². The monoisotopic (exact) mass is 327 g/mol. The summed E-state index contributed by atoms with van der Waals surface area (Å²) in [6.45, 7) is -0.196. The van der Waals surface area contributed by atoms with Gasteiger partial charge in [-0.25, -0.2) is 8.78 Å². The van der Waals surface area contributed by atoms with E-state index in [1.165, 1.54) is 18.2 Å². The number of hydrogen-bond donors (Lipinski definition) is 2. The molecule has 0 radical (unpaired) electrons. The minimum absolute atomic E-state index is 0.196. The first-order valence-electron chi connectivity index (χ1n) is 5.68. The molecular weight excluding hydrogens is 316 g/mol. The molecule has 0 aliphatic rings. The van der Waals surface area contributed by atoms with Crippen molar-refractivity contribution in [3.05, 3.63) is 64.1 Å². The highest BCUT2D eigenvalue weighted by atomic mass is 79.9. The third kappa shape index (κ3) is 3.52. The summed E-state index contributed by atoms with van der Waals surface area (Å²) in [6, 6.07) is 9.96. The number of anilines is 1. The SMILES string of the molecule is OCC(Nc1ccc(F)cc1)c1ccc(Br)c(F)c1. The molecule has 0 saturated heterocycles. The number of rotatable bonds is 4. The van der Waals surface area contributed by atoms with Crippen molar-refractivity contribution < 1.29 is 13.9 Å². The molecule has 1 atom stereocenters. The van der Waals surface area contributed by atoms with Crippen molar-refractivity contribution in [2.45, 2.75) is 6.04 Å². The van der Waals surface area contributed by atoms with Crippen LogP contribution in [0.15, 0.2) is 46.9 Å². The zero-order chi connectivity index (χ0) is 13.8. The Morgan fingerprint density at radius 1 is 1.11 bits per heavy atom. The van der Waals surface area contributed by atoms with E-state index in [4.69, 9.17) is 0 Å². The Morgan fingerprint density at radius 2 is 1.79 bits per heavy atom. The van der Waals surface area contributed by atoms with Crippen LogP contribution in [0, 0.1) is 11.6 Å². The molecule has 0 amide bonds. The van der Waals surface area contributed by atoms with E-state index >= 15 is 0 Å². The lowest BCUT2D eigenvalue weighted by atomic mass is 10.1. The van der Waals surface area contributed by atoms with Gasteiger partial charge in [-0.15, -0.1) is 0 Å². The molecule has 1 unspecified atom stereocenters. The molecule has 100 valence electrons. The first-order chi connectivity index (χ1) is 9.10. The molecule has 0 fully saturated rings. The molecule has 0 bridgehead atoms. The van der Waals surface area contributed by atoms with Gasteiger partial charge in [-0.2, -0.15) is 0 Å². The maximum Gasteiger partial charge on any atom is 0.137 e. The maximum absolute atomic E-state index is 13.5. The van der Waals surface area contributed by atoms with Gasteiger partial charge in [0.15, 0.2) is 0 Å². The number of hydrogen-bond acceptors (Lipinski definition) is 2. The summed E-state index contributed by atoms with van der Waals surface area (Å²) in [7, 11) is 0. The minimum Gasteiger partial charge on any atom is -0.394 e. The predicted octanol–water partition coefficient (Wildman–Crippen LogP) is 3.87. The molecule has 0 spiro atoms. The van der Waals surface area contributed by atoms with E-state index in [0.717, 1.165) is 0 Å². The van der Waals surface area contributed by atoms with Gasteiger partial charge in [0.25, 0.3) is 0 Å². The number of benzene rings is 2. The first-order valence-corrected chi connectivity index (χ1v) is 6.47. The molecule has 2 aromatic rings. The summed E-state index contributed by atoms with van der Waals surface area (Å²) >= 11 is 3.08. The molecule has 5 heteroatoms. The molecule has 0 saturated carbocycles. The average molecular weight is 328 g/mol. The van der Waals surface area contributed by atoms with Crippen LogP contribution in [0.5, 0.6) is 0 Å². The Labute approximate surface area is 118 Å². The van der Waals surface area contributed by atoms with E-state index in [1.807, 2.05) is 0 Å². The van der Waals surface area contributed by atoms with Crippen LogP contribution in [0.3, 0.4) is 0 Å². The summed E-state index contributed by atoms with van der Waals surface area (Å²) < 4.78 is 26.6. The second-order valence-corrected chi connectivity index (χ2v) is 4.91. The average Bonchev–Trinajstić information content (AvgIpc) is 2.41. The third-order valence-corrected chi connectivity index (χ3v) is 3.36. The second-order valence-electron chi connectivity index (χ2n) is 4.06. The normalized spacial score (nSPS) is 12.2. The lowest BCUT2D eigenvalue weighted by Gasteiger charge is -2.18. The Bertz CT molecular complexity index is 560. The standard InChI is InChI=1S/C14H12BrF2NO/c15-12-6-1-9(7-13(12)17)14(8-19)18-11-4-2-10(16)3-5-11/h1-7,14,18-19H,8H2. The van der Waals surface area contributed by atoms with Crippen molar-refractivity contribution >= 4 is 21.6 Å². The Balaban J connectivity index is 2.19. The summed E-state index contributed by atoms with van der Waals surface area (Å²) in [4.78, 5) is 0. The van der Waals surface area contributed by atoms with Gasteiger partial charge in [0.2, 0.25) is 0 Å². The molecule has 0 heterocycles. The highest BCUT2D eigenvalue weighted by Gasteiger charge is 2.12. The van der Waals surface area contributed by atoms with E-state index in [2.05, 4.69) is 21.2 Å². The quantitative estimate of drug-likeness (QED) is 0.893. The number of aliphatic hydroxyl groups excluding tert-OH is 1. The van der Waals surface area contributed by atoms with Crippen LogP contribution < -0.4 is 5.32 Å². The fourth-order valence-corrected chi connectivity index (χ4v) is 1.96. The van der Waals surface area contributed by atoms with Crippen LogP contribution in [0.2, 0.25) is 0 Å². The van der Waals surface area contributed by atoms with E-state index in [9.17, 15) is 13.9 Å². The molecule has 2 nitrogen and oxygen atoms in total. The van der Waals surface area contributed by atoms with Gasteiger partial charge in [0.05, 0.1) is 17.1 Å². The van der Waals surface area contributed by atoms with E-state index in [-0.39, 0.29) is 12.4 Å². The van der Waals surface area contributed by atoms with Crippen molar-refractivity contribution in [1.82, 2.24) is 0 Å². The Hall–Kier alpha value is -1.46. The minimum atomic E-state index is -0.451. The molecule has 2 aromatic carbocycles. The highest BCUT2D eigenvalue weighted by Crippen LogP contribution is 2.23. The maximum atomic E-state index is 13.5. The highest BCUT2D eigenvalue weighted by molar-refractivity contribution is 9.10. The third-order valence-electron chi connectivity index (χ3n) is 2.71. The second kappa shape index (κ2) is 6.12. The van der Waals surface area contributed by atoms with Crippen molar-refractivity contribution in [3.8, 4) is 0 Å². The van der Waals surface area contributed by atoms with Gasteiger partial charge in [-0.05, 0) is 57.9 Å². The smallest absolute Gasteiger partial charge is 0.137 e. The molecule has 2 rings (SSSR count). The van der Waals surface area contributed by atoms with Gasteiger partial charge in [-0.1, -0.05) is 6.07 Å². The number of halogens is 3. The predicted molar refractivity (Wildman–Crippen MR) is 73.9 cm³/mol. The fraction of sp³-hybridized carbons (Fsp3) is 0.143. The first kappa shape index (κ1) is 14.0. The number of nitrogens with one attached hydrogen (secondary N) is 1. The largest absolute Gasteiger partial charge is 0.394 e. The van der Waals surface area contributed by atoms with Crippen LogP contribution in [-0.2, 0) is 0 Å². The number of aliphatic hydroxyl groups is 1. The van der Waals surface area contributed by atoms with Crippen molar-refractivity contribution in [2.24, 2.45) is 0 Å². The molecule has 0 aliphatic heterocycles. The van der Waals surface area contributed by atoms with Crippen LogP contribution in [-0.4, -0.2) is 11.7 Å². The summed E-state index contributed by atoms with van der Waals surface area (Å²) in [5.74, 6) is -0.724. The van der Waals surface area contributed by atoms with Crippen LogP contribution in [0.25, 0.3) is 0 Å². The molecule has 0 aliphatic carbocycles. The van der Waals surface area contributed by atoms with E-state index in [1.54, 1.807) is 24.3 Å². The van der Waals surface area contributed by atoms with Crippen molar-refractivity contribution in [1.29, 1.82) is 0 Å². The lowest BCUT2D eigenvalue weighted by Crippen LogP contribution is -2.15. The summed E-state index contributed by atoms with van der Waals surface area (Å²) in [5, 5.41) is 12.4. The van der Waals surface area contributed by atoms with Gasteiger partial charge in [0.1, 0.15) is 11.6 Å². The molecule has 0 aromatic heterocycles. The molecular formula is C14H12BrF2NO. The molecule has 2 N–H and O–H groups in total. The Kier molecular flexibility index (Phi) is 4.50. The lowest BCUT2D eigenvalue weighted by molar-refractivity contribution is 0.276. The molecule has 19 heavy (non-hydrogen) atoms. The van der Waals surface area contributed by atoms with Crippen LogP contribution in [0.4, 0.5) is 14.5 Å². The van der Waals surface area contributed by atoms with Crippen molar-refractivity contribution in [3.63, 3.8) is 0 Å². The Morgan fingerprint density at radius 3 is 2.37 bits per heavy atom. The van der Waals surface area contributed by atoms with Crippen molar-refractivity contribution in [2.75, 3.05) is 11.9 Å². The van der Waals surface area contributed by atoms with E-state index in [0.29, 0.717) is 15.7 Å². The summed E-state index contributed by atoms with van der Waals surface area (Å²) in [5.41, 5.74) is 1.27. The van der Waals surface area contributed by atoms with Crippen LogP contribution in [0.1, 0.15) is 11.6 Å². The fourth-order valence-electron chi connectivity index (χ4n) is 1.71. The zero-order valence-electron chi connectivity index (χ0n) is 9.91. The van der Waals surface area contributed by atoms with E-state index < -0.39 is 11.9 Å². The summed E-state index contributed by atoms with van der Waals surface area (Å²) in [6.07, 6.45) is 0. The van der Waals surface area contributed by atoms with Crippen LogP contribution >= 0.6 is 15.9 Å². The topological polar surface area (TPSA) is 32.3 Å². The van der Waals surface area contributed by atoms with Gasteiger partial charge < -0.3 is 10.4 Å².